The molecule has 2 fully saturated rings. The number of benzene rings is 1. The van der Waals surface area contributed by atoms with Crippen LogP contribution in [0.5, 0.6) is 0 Å². The molecule has 0 aromatic heterocycles. The summed E-state index contributed by atoms with van der Waals surface area (Å²) >= 11 is 0. The van der Waals surface area contributed by atoms with Crippen molar-refractivity contribution in [3.8, 4) is 0 Å². The Kier molecular flexibility index (Phi) is 6.92. The van der Waals surface area contributed by atoms with Gasteiger partial charge in [-0.15, -0.1) is 0 Å². The maximum absolute atomic E-state index is 7.54. The smallest absolute Gasteiger partial charge is 0.0467 e. The summed E-state index contributed by atoms with van der Waals surface area (Å²) < 4.78 is 0. The number of hydrogen-bond acceptors (Lipinski definition) is 2. The number of hydrogen-bond donors (Lipinski definition) is 1. The van der Waals surface area contributed by atoms with Crippen LogP contribution < -0.4 is 5.73 Å². The van der Waals surface area contributed by atoms with Gasteiger partial charge in [0.2, 0.25) is 0 Å². The zero-order valence-electron chi connectivity index (χ0n) is 18.4. The Balaban J connectivity index is 1.53. The summed E-state index contributed by atoms with van der Waals surface area (Å²) in [7, 11) is 0. The van der Waals surface area contributed by atoms with Crippen LogP contribution in [0.1, 0.15) is 76.7 Å². The molecule has 0 amide bonds. The molecule has 2 N–H and O–H groups in total. The summed E-state index contributed by atoms with van der Waals surface area (Å²) in [4.78, 5) is 2.64. The molecule has 0 bridgehead atoms. The van der Waals surface area contributed by atoms with Crippen LogP contribution in [0.4, 0.5) is 0 Å². The average molecular weight is 393 g/mol. The Morgan fingerprint density at radius 2 is 1.69 bits per heavy atom. The van der Waals surface area contributed by atoms with Crippen LogP contribution in [-0.2, 0) is 6.54 Å². The van der Waals surface area contributed by atoms with E-state index in [1.807, 2.05) is 0 Å². The van der Waals surface area contributed by atoms with Gasteiger partial charge in [0.05, 0.1) is 0 Å². The molecule has 29 heavy (non-hydrogen) atoms. The van der Waals surface area contributed by atoms with Crippen LogP contribution in [0.2, 0.25) is 0 Å². The van der Waals surface area contributed by atoms with E-state index in [9.17, 15) is 0 Å². The van der Waals surface area contributed by atoms with E-state index >= 15 is 0 Å². The first-order chi connectivity index (χ1) is 14.2. The molecule has 1 unspecified atom stereocenters. The van der Waals surface area contributed by atoms with E-state index < -0.39 is 0 Å². The monoisotopic (exact) mass is 392 g/mol. The molecule has 1 heterocycles. The van der Waals surface area contributed by atoms with Gasteiger partial charge in [0, 0.05) is 12.1 Å². The van der Waals surface area contributed by atoms with Gasteiger partial charge in [0.15, 0.2) is 0 Å². The third-order valence-electron chi connectivity index (χ3n) is 7.84. The van der Waals surface area contributed by atoms with Gasteiger partial charge >= 0.3 is 0 Å². The van der Waals surface area contributed by atoms with Gasteiger partial charge in [-0.3, -0.25) is 4.90 Å². The van der Waals surface area contributed by atoms with Crippen molar-refractivity contribution in [1.82, 2.24) is 4.90 Å². The summed E-state index contributed by atoms with van der Waals surface area (Å²) in [5, 5.41) is 0. The second kappa shape index (κ2) is 9.62. The molecule has 2 heteroatoms. The van der Waals surface area contributed by atoms with Crippen LogP contribution in [0, 0.1) is 11.8 Å². The number of nitrogens with zero attached hydrogens (tertiary/aromatic N) is 1. The van der Waals surface area contributed by atoms with E-state index in [-0.39, 0.29) is 5.54 Å². The maximum Gasteiger partial charge on any atom is 0.0467 e. The summed E-state index contributed by atoms with van der Waals surface area (Å²) in [6, 6.07) is 10.9. The Morgan fingerprint density at radius 3 is 2.38 bits per heavy atom. The largest absolute Gasteiger partial charge is 0.321 e. The number of likely N-dealkylation sites (tertiary alicyclic amines) is 1. The molecule has 1 saturated carbocycles. The molecule has 2 aliphatic carbocycles. The molecule has 1 aromatic rings. The first-order valence-corrected chi connectivity index (χ1v) is 12.2. The van der Waals surface area contributed by atoms with E-state index in [2.05, 4.69) is 54.3 Å². The molecule has 0 spiro atoms. The molecule has 1 aromatic carbocycles. The van der Waals surface area contributed by atoms with E-state index in [0.29, 0.717) is 11.8 Å². The average Bonchev–Trinajstić information content (AvgIpc) is 3.31. The molecule has 1 aliphatic heterocycles. The predicted molar refractivity (Wildman–Crippen MR) is 124 cm³/mol. The third-order valence-corrected chi connectivity index (χ3v) is 7.84. The van der Waals surface area contributed by atoms with Crippen LogP contribution in [0.3, 0.4) is 0 Å². The van der Waals surface area contributed by atoms with Crippen molar-refractivity contribution < 1.29 is 0 Å². The first-order valence-electron chi connectivity index (χ1n) is 12.2. The van der Waals surface area contributed by atoms with Gasteiger partial charge in [0.25, 0.3) is 0 Å². The fraction of sp³-hybridized carbons (Fsp3) is 0.630. The Labute approximate surface area is 178 Å². The van der Waals surface area contributed by atoms with E-state index in [4.69, 9.17) is 5.73 Å². The van der Waals surface area contributed by atoms with Gasteiger partial charge in [-0.1, -0.05) is 74.2 Å². The van der Waals surface area contributed by atoms with Crippen molar-refractivity contribution in [2.24, 2.45) is 17.6 Å². The zero-order valence-corrected chi connectivity index (χ0v) is 18.4. The third kappa shape index (κ3) is 4.54. The lowest BCUT2D eigenvalue weighted by Gasteiger charge is -2.48. The second-order valence-electron chi connectivity index (χ2n) is 9.66. The van der Waals surface area contributed by atoms with Crippen LogP contribution in [-0.4, -0.2) is 23.5 Å². The van der Waals surface area contributed by atoms with Crippen molar-refractivity contribution in [2.75, 3.05) is 13.1 Å². The highest BCUT2D eigenvalue weighted by Crippen LogP contribution is 2.47. The van der Waals surface area contributed by atoms with Crippen molar-refractivity contribution >= 4 is 0 Å². The van der Waals surface area contributed by atoms with Gasteiger partial charge < -0.3 is 5.73 Å². The number of rotatable bonds is 7. The molecule has 0 radical (unpaired) electrons. The van der Waals surface area contributed by atoms with Crippen molar-refractivity contribution in [2.45, 2.75) is 83.2 Å². The summed E-state index contributed by atoms with van der Waals surface area (Å²) in [5.41, 5.74) is 12.1. The zero-order chi connectivity index (χ0) is 20.1. The maximum atomic E-state index is 7.54. The van der Waals surface area contributed by atoms with Crippen LogP contribution >= 0.6 is 0 Å². The van der Waals surface area contributed by atoms with Gasteiger partial charge in [-0.25, -0.2) is 0 Å². The SMILES string of the molecule is CCCC1=C(C(N)(C2CCCC2)C2CCN(Cc3ccccc3)CC2)C=CCC1. The lowest BCUT2D eigenvalue weighted by molar-refractivity contribution is 0.109. The summed E-state index contributed by atoms with van der Waals surface area (Å²) in [6.07, 6.45) is 17.7. The van der Waals surface area contributed by atoms with Crippen LogP contribution in [0.15, 0.2) is 53.6 Å². The van der Waals surface area contributed by atoms with Crippen molar-refractivity contribution in [1.29, 1.82) is 0 Å². The van der Waals surface area contributed by atoms with Gasteiger partial charge in [0.1, 0.15) is 0 Å². The molecule has 2 nitrogen and oxygen atoms in total. The highest BCUT2D eigenvalue weighted by atomic mass is 15.1. The Hall–Kier alpha value is -1.38. The van der Waals surface area contributed by atoms with Crippen LogP contribution in [0.25, 0.3) is 0 Å². The number of nitrogens with two attached hydrogens (primary N) is 1. The fourth-order valence-corrected chi connectivity index (χ4v) is 6.31. The highest BCUT2D eigenvalue weighted by molar-refractivity contribution is 5.40. The molecule has 158 valence electrons. The molecular weight excluding hydrogens is 352 g/mol. The molecule has 3 aliphatic rings. The fourth-order valence-electron chi connectivity index (χ4n) is 6.31. The van der Waals surface area contributed by atoms with Gasteiger partial charge in [-0.05, 0) is 81.0 Å². The van der Waals surface area contributed by atoms with E-state index in [1.54, 1.807) is 11.1 Å². The van der Waals surface area contributed by atoms with Crippen molar-refractivity contribution in [3.63, 3.8) is 0 Å². The molecule has 1 atom stereocenters. The first kappa shape index (κ1) is 20.9. The minimum atomic E-state index is -0.100. The van der Waals surface area contributed by atoms with E-state index in [0.717, 1.165) is 6.54 Å². The normalized spacial score (nSPS) is 24.2. The van der Waals surface area contributed by atoms with Gasteiger partial charge in [-0.2, -0.15) is 0 Å². The Morgan fingerprint density at radius 1 is 1.00 bits per heavy atom. The van der Waals surface area contributed by atoms with E-state index in [1.165, 1.54) is 82.9 Å². The van der Waals surface area contributed by atoms with Crippen molar-refractivity contribution in [3.05, 3.63) is 59.2 Å². The topological polar surface area (TPSA) is 29.3 Å². The quantitative estimate of drug-likeness (QED) is 0.595. The second-order valence-corrected chi connectivity index (χ2v) is 9.66. The molecule has 1 saturated heterocycles. The Bertz CT molecular complexity index is 705. The molecule has 4 rings (SSSR count). The lowest BCUT2D eigenvalue weighted by atomic mass is 9.63. The number of allylic oxidation sites excluding steroid dienone is 2. The number of piperidine rings is 1. The minimum absolute atomic E-state index is 0.100. The summed E-state index contributed by atoms with van der Waals surface area (Å²) in [5.74, 6) is 1.31. The summed E-state index contributed by atoms with van der Waals surface area (Å²) in [6.45, 7) is 5.77. The highest BCUT2D eigenvalue weighted by Gasteiger charge is 2.46. The minimum Gasteiger partial charge on any atom is -0.321 e. The standard InChI is InChI=1S/C27H40N2/c1-2-10-23-13-6-9-16-26(23)27(28,24-14-7-8-15-24)25-17-19-29(20-18-25)21-22-11-4-3-5-12-22/h3-5,9,11-12,16,24-25H,2,6-8,10,13-15,17-21,28H2,1H3. The lowest BCUT2D eigenvalue weighted by Crippen LogP contribution is -2.57. The molecular formula is C27H40N2. The predicted octanol–water partition coefficient (Wildman–Crippen LogP) is 6.23.